The number of aromatic nitrogens is 1. The zero-order valence-corrected chi connectivity index (χ0v) is 24.6. The van der Waals surface area contributed by atoms with Crippen LogP contribution in [0.3, 0.4) is 0 Å². The standard InChI is InChI=1S/C28H38N4O5S2/c1-18(2)15-32(39(36,37)22-11-12-23-26(14-22)38-17-29-23)16-25(34)24(13-21-9-7-6-8-10-21)31-28(35)27(19(3)4)30-20(5)33/h6-12,14,17-19,24-25,27,34H,13,15-16H2,1-5H3,(H,30,33)(H,31,35). The molecule has 0 aliphatic carbocycles. The Morgan fingerprint density at radius 1 is 1.03 bits per heavy atom. The number of fused-ring (bicyclic) bond motifs is 1. The van der Waals surface area contributed by atoms with Gasteiger partial charge in [-0.1, -0.05) is 58.0 Å². The maximum Gasteiger partial charge on any atom is 0.243 e. The number of hydrogen-bond acceptors (Lipinski definition) is 7. The topological polar surface area (TPSA) is 129 Å². The molecule has 11 heteroatoms. The van der Waals surface area contributed by atoms with E-state index in [1.807, 2.05) is 58.0 Å². The second kappa shape index (κ2) is 13.5. The van der Waals surface area contributed by atoms with Crippen molar-refractivity contribution in [2.24, 2.45) is 11.8 Å². The number of thiazole rings is 1. The van der Waals surface area contributed by atoms with Crippen molar-refractivity contribution < 1.29 is 23.1 Å². The van der Waals surface area contributed by atoms with Gasteiger partial charge in [-0.25, -0.2) is 13.4 Å². The summed E-state index contributed by atoms with van der Waals surface area (Å²) in [6.45, 7) is 8.77. The maximum absolute atomic E-state index is 13.8. The van der Waals surface area contributed by atoms with Gasteiger partial charge in [0.2, 0.25) is 21.8 Å². The van der Waals surface area contributed by atoms with E-state index in [0.29, 0.717) is 0 Å². The van der Waals surface area contributed by atoms with Crippen LogP contribution in [0.15, 0.2) is 58.9 Å². The molecule has 212 valence electrons. The van der Waals surface area contributed by atoms with Crippen molar-refractivity contribution in [2.75, 3.05) is 13.1 Å². The molecule has 3 rings (SSSR count). The predicted molar refractivity (Wildman–Crippen MR) is 154 cm³/mol. The molecular weight excluding hydrogens is 536 g/mol. The van der Waals surface area contributed by atoms with Gasteiger partial charge in [-0.05, 0) is 42.0 Å². The smallest absolute Gasteiger partial charge is 0.243 e. The average Bonchev–Trinajstić information content (AvgIpc) is 3.34. The van der Waals surface area contributed by atoms with E-state index in [2.05, 4.69) is 15.6 Å². The SMILES string of the molecule is CC(=O)NC(C(=O)NC(Cc1ccccc1)C(O)CN(CC(C)C)S(=O)(=O)c1ccc2ncsc2c1)C(C)C. The van der Waals surface area contributed by atoms with Crippen LogP contribution in [0.25, 0.3) is 10.2 Å². The fraction of sp³-hybridized carbons (Fsp3) is 0.464. The van der Waals surface area contributed by atoms with Gasteiger partial charge in [-0.15, -0.1) is 11.3 Å². The molecule has 1 heterocycles. The number of hydrogen-bond donors (Lipinski definition) is 3. The van der Waals surface area contributed by atoms with Crippen molar-refractivity contribution in [1.82, 2.24) is 19.9 Å². The molecule has 3 aromatic rings. The van der Waals surface area contributed by atoms with Crippen LogP contribution in [0.5, 0.6) is 0 Å². The van der Waals surface area contributed by atoms with E-state index in [0.717, 1.165) is 15.8 Å². The quantitative estimate of drug-likeness (QED) is 0.288. The van der Waals surface area contributed by atoms with Gasteiger partial charge in [0.05, 0.1) is 32.8 Å². The summed E-state index contributed by atoms with van der Waals surface area (Å²) in [7, 11) is -3.96. The molecule has 39 heavy (non-hydrogen) atoms. The Bertz CT molecular complexity index is 1360. The van der Waals surface area contributed by atoms with Crippen LogP contribution in [-0.4, -0.2) is 65.9 Å². The summed E-state index contributed by atoms with van der Waals surface area (Å²) in [6.07, 6.45) is -0.943. The zero-order chi connectivity index (χ0) is 28.7. The minimum Gasteiger partial charge on any atom is -0.390 e. The van der Waals surface area contributed by atoms with Crippen molar-refractivity contribution in [1.29, 1.82) is 0 Å². The molecule has 1 aromatic heterocycles. The number of aliphatic hydroxyl groups excluding tert-OH is 1. The zero-order valence-electron chi connectivity index (χ0n) is 23.0. The van der Waals surface area contributed by atoms with Gasteiger partial charge in [0.15, 0.2) is 0 Å². The Morgan fingerprint density at radius 2 is 1.72 bits per heavy atom. The van der Waals surface area contributed by atoms with Gasteiger partial charge < -0.3 is 15.7 Å². The lowest BCUT2D eigenvalue weighted by Crippen LogP contribution is -2.56. The van der Waals surface area contributed by atoms with E-state index >= 15 is 0 Å². The van der Waals surface area contributed by atoms with Crippen molar-refractivity contribution in [3.8, 4) is 0 Å². The molecule has 0 aliphatic rings. The fourth-order valence-corrected chi connectivity index (χ4v) is 6.78. The molecule has 2 aromatic carbocycles. The highest BCUT2D eigenvalue weighted by atomic mass is 32.2. The number of nitrogens with one attached hydrogen (secondary N) is 2. The lowest BCUT2D eigenvalue weighted by Gasteiger charge is -2.32. The number of carbonyl (C=O) groups excluding carboxylic acids is 2. The molecule has 9 nitrogen and oxygen atoms in total. The highest BCUT2D eigenvalue weighted by Gasteiger charge is 2.33. The first-order valence-electron chi connectivity index (χ1n) is 13.0. The lowest BCUT2D eigenvalue weighted by atomic mass is 9.98. The molecule has 3 unspecified atom stereocenters. The van der Waals surface area contributed by atoms with Gasteiger partial charge in [-0.2, -0.15) is 4.31 Å². The molecule has 0 radical (unpaired) electrons. The Kier molecular flexibility index (Phi) is 10.6. The summed E-state index contributed by atoms with van der Waals surface area (Å²) in [5.74, 6) is -0.973. The van der Waals surface area contributed by atoms with Gasteiger partial charge in [-0.3, -0.25) is 9.59 Å². The monoisotopic (exact) mass is 574 g/mol. The van der Waals surface area contributed by atoms with Crippen LogP contribution in [0.2, 0.25) is 0 Å². The van der Waals surface area contributed by atoms with E-state index in [4.69, 9.17) is 0 Å². The Morgan fingerprint density at radius 3 is 2.33 bits per heavy atom. The number of benzene rings is 2. The van der Waals surface area contributed by atoms with E-state index in [1.54, 1.807) is 17.6 Å². The number of amides is 2. The number of sulfonamides is 1. The predicted octanol–water partition coefficient (Wildman–Crippen LogP) is 3.19. The van der Waals surface area contributed by atoms with Gasteiger partial charge >= 0.3 is 0 Å². The van der Waals surface area contributed by atoms with E-state index in [9.17, 15) is 23.1 Å². The molecule has 2 amide bonds. The van der Waals surface area contributed by atoms with Crippen molar-refractivity contribution >= 4 is 43.4 Å². The molecule has 0 spiro atoms. The largest absolute Gasteiger partial charge is 0.390 e. The third-order valence-corrected chi connectivity index (χ3v) is 8.92. The Labute approximate surface area is 234 Å². The highest BCUT2D eigenvalue weighted by molar-refractivity contribution is 7.89. The van der Waals surface area contributed by atoms with Gasteiger partial charge in [0.1, 0.15) is 6.04 Å². The van der Waals surface area contributed by atoms with E-state index in [1.165, 1.54) is 28.6 Å². The summed E-state index contributed by atoms with van der Waals surface area (Å²) in [5.41, 5.74) is 3.26. The third kappa shape index (κ3) is 8.31. The summed E-state index contributed by atoms with van der Waals surface area (Å²) >= 11 is 1.36. The van der Waals surface area contributed by atoms with Crippen molar-refractivity contribution in [2.45, 2.75) is 64.1 Å². The average molecular weight is 575 g/mol. The Hall–Kier alpha value is -2.86. The van der Waals surface area contributed by atoms with Crippen LogP contribution in [0, 0.1) is 11.8 Å². The summed E-state index contributed by atoms with van der Waals surface area (Å²) < 4.78 is 29.5. The normalized spacial score (nSPS) is 14.5. The minimum absolute atomic E-state index is 0.00800. The van der Waals surface area contributed by atoms with E-state index in [-0.39, 0.29) is 42.1 Å². The molecule has 3 N–H and O–H groups in total. The fourth-order valence-electron chi connectivity index (χ4n) is 4.34. The second-order valence-electron chi connectivity index (χ2n) is 10.5. The molecule has 0 fully saturated rings. The van der Waals surface area contributed by atoms with Crippen LogP contribution in [0.1, 0.15) is 40.2 Å². The molecule has 3 atom stereocenters. The molecular formula is C28H38N4O5S2. The van der Waals surface area contributed by atoms with Gasteiger partial charge in [0, 0.05) is 20.0 Å². The first kappa shape index (κ1) is 30.7. The second-order valence-corrected chi connectivity index (χ2v) is 13.3. The highest BCUT2D eigenvalue weighted by Crippen LogP contribution is 2.25. The molecule has 0 aliphatic heterocycles. The van der Waals surface area contributed by atoms with Crippen LogP contribution < -0.4 is 10.6 Å². The number of aliphatic hydroxyl groups is 1. The third-order valence-electron chi connectivity index (χ3n) is 6.30. The number of rotatable bonds is 13. The van der Waals surface area contributed by atoms with Crippen molar-refractivity contribution in [3.63, 3.8) is 0 Å². The van der Waals surface area contributed by atoms with Gasteiger partial charge in [0.25, 0.3) is 0 Å². The molecule has 0 saturated heterocycles. The van der Waals surface area contributed by atoms with Crippen LogP contribution >= 0.6 is 11.3 Å². The first-order valence-corrected chi connectivity index (χ1v) is 15.3. The minimum atomic E-state index is -3.96. The first-order chi connectivity index (χ1) is 18.4. The number of carbonyl (C=O) groups is 2. The van der Waals surface area contributed by atoms with Crippen molar-refractivity contribution in [3.05, 3.63) is 59.6 Å². The van der Waals surface area contributed by atoms with Crippen LogP contribution in [0.4, 0.5) is 0 Å². The summed E-state index contributed by atoms with van der Waals surface area (Å²) in [5, 5.41) is 17.0. The maximum atomic E-state index is 13.8. The molecule has 0 saturated carbocycles. The van der Waals surface area contributed by atoms with Crippen LogP contribution in [-0.2, 0) is 26.0 Å². The number of nitrogens with zero attached hydrogens (tertiary/aromatic N) is 2. The van der Waals surface area contributed by atoms with E-state index < -0.39 is 34.1 Å². The Balaban J connectivity index is 1.90. The summed E-state index contributed by atoms with van der Waals surface area (Å²) in [6, 6.07) is 12.6. The lowest BCUT2D eigenvalue weighted by molar-refractivity contribution is -0.130. The molecule has 0 bridgehead atoms. The summed E-state index contributed by atoms with van der Waals surface area (Å²) in [4.78, 5) is 29.3.